The van der Waals surface area contributed by atoms with Gasteiger partial charge in [0, 0.05) is 26.1 Å². The quantitative estimate of drug-likeness (QED) is 0.720. The van der Waals surface area contributed by atoms with Gasteiger partial charge in [-0.15, -0.1) is 0 Å². The number of benzene rings is 1. The van der Waals surface area contributed by atoms with E-state index in [1.54, 1.807) is 12.1 Å². The summed E-state index contributed by atoms with van der Waals surface area (Å²) < 4.78 is 0. The standard InChI is InChI=1S/C18H20N4O4/c19-4-1-5-21-8-10-6-12-13(7-11(10)9-21)18(26)22(17(12)25)14-2-3-15(23)20-16(14)24/h6-7,14H,1-5,8-9,19H2,(H,20,23,24). The van der Waals surface area contributed by atoms with Crippen molar-refractivity contribution >= 4 is 23.6 Å². The molecule has 136 valence electrons. The molecule has 1 aromatic carbocycles. The molecular formula is C18H20N4O4. The van der Waals surface area contributed by atoms with Crippen molar-refractivity contribution in [1.29, 1.82) is 0 Å². The molecule has 1 unspecified atom stereocenters. The number of carbonyl (C=O) groups excluding carboxylic acids is 4. The first-order chi connectivity index (χ1) is 12.5. The number of nitrogens with zero attached hydrogens (tertiary/aromatic N) is 2. The van der Waals surface area contributed by atoms with Crippen molar-refractivity contribution in [2.45, 2.75) is 38.4 Å². The van der Waals surface area contributed by atoms with Gasteiger partial charge in [0.05, 0.1) is 11.1 Å². The summed E-state index contributed by atoms with van der Waals surface area (Å²) >= 11 is 0. The van der Waals surface area contributed by atoms with E-state index in [4.69, 9.17) is 5.73 Å². The van der Waals surface area contributed by atoms with Crippen LogP contribution in [0.15, 0.2) is 12.1 Å². The molecule has 4 rings (SSSR count). The monoisotopic (exact) mass is 356 g/mol. The van der Waals surface area contributed by atoms with E-state index in [1.165, 1.54) is 0 Å². The van der Waals surface area contributed by atoms with Crippen molar-refractivity contribution < 1.29 is 19.2 Å². The molecule has 1 aromatic rings. The van der Waals surface area contributed by atoms with E-state index in [2.05, 4.69) is 10.2 Å². The van der Waals surface area contributed by atoms with E-state index in [9.17, 15) is 19.2 Å². The molecule has 1 saturated heterocycles. The van der Waals surface area contributed by atoms with Crippen LogP contribution in [0.25, 0.3) is 0 Å². The van der Waals surface area contributed by atoms with Crippen LogP contribution in [0.1, 0.15) is 51.1 Å². The molecule has 1 fully saturated rings. The van der Waals surface area contributed by atoms with E-state index in [0.29, 0.717) is 17.7 Å². The highest BCUT2D eigenvalue weighted by Crippen LogP contribution is 2.33. The van der Waals surface area contributed by atoms with E-state index >= 15 is 0 Å². The Morgan fingerprint density at radius 3 is 2.19 bits per heavy atom. The molecule has 4 amide bonds. The number of imide groups is 2. The third-order valence-corrected chi connectivity index (χ3v) is 5.23. The lowest BCUT2D eigenvalue weighted by Gasteiger charge is -2.27. The molecule has 0 bridgehead atoms. The van der Waals surface area contributed by atoms with Crippen molar-refractivity contribution in [1.82, 2.24) is 15.1 Å². The zero-order chi connectivity index (χ0) is 18.4. The second-order valence-electron chi connectivity index (χ2n) is 6.97. The highest BCUT2D eigenvalue weighted by Gasteiger charge is 2.45. The maximum atomic E-state index is 12.8. The average molecular weight is 356 g/mol. The number of amides is 4. The third kappa shape index (κ3) is 2.62. The largest absolute Gasteiger partial charge is 0.330 e. The first-order valence-corrected chi connectivity index (χ1v) is 8.79. The summed E-state index contributed by atoms with van der Waals surface area (Å²) in [5, 5.41) is 2.20. The number of hydrogen-bond acceptors (Lipinski definition) is 6. The molecule has 8 nitrogen and oxygen atoms in total. The first-order valence-electron chi connectivity index (χ1n) is 8.79. The van der Waals surface area contributed by atoms with E-state index in [-0.39, 0.29) is 18.7 Å². The summed E-state index contributed by atoms with van der Waals surface area (Å²) in [7, 11) is 0. The molecule has 1 atom stereocenters. The maximum absolute atomic E-state index is 12.8. The third-order valence-electron chi connectivity index (χ3n) is 5.23. The van der Waals surface area contributed by atoms with Crippen molar-refractivity contribution in [2.75, 3.05) is 13.1 Å². The molecule has 3 aliphatic heterocycles. The van der Waals surface area contributed by atoms with Crippen molar-refractivity contribution in [3.8, 4) is 0 Å². The van der Waals surface area contributed by atoms with Crippen LogP contribution in [-0.2, 0) is 22.7 Å². The van der Waals surface area contributed by atoms with Gasteiger partial charge in [0.2, 0.25) is 11.8 Å². The topological polar surface area (TPSA) is 113 Å². The van der Waals surface area contributed by atoms with Gasteiger partial charge in [-0.1, -0.05) is 0 Å². The number of fused-ring (bicyclic) bond motifs is 2. The Morgan fingerprint density at radius 2 is 1.65 bits per heavy atom. The second kappa shape index (κ2) is 6.30. The van der Waals surface area contributed by atoms with Crippen LogP contribution in [-0.4, -0.2) is 52.6 Å². The van der Waals surface area contributed by atoms with Gasteiger partial charge in [-0.2, -0.15) is 0 Å². The maximum Gasteiger partial charge on any atom is 0.262 e. The van der Waals surface area contributed by atoms with Gasteiger partial charge in [-0.25, -0.2) is 0 Å². The summed E-state index contributed by atoms with van der Waals surface area (Å²) in [4.78, 5) is 52.2. The van der Waals surface area contributed by atoms with Crippen LogP contribution in [0.5, 0.6) is 0 Å². The Balaban J connectivity index is 1.59. The number of carbonyl (C=O) groups is 4. The van der Waals surface area contributed by atoms with Crippen LogP contribution in [0.3, 0.4) is 0 Å². The second-order valence-corrected chi connectivity index (χ2v) is 6.97. The highest BCUT2D eigenvalue weighted by molar-refractivity contribution is 6.23. The zero-order valence-corrected chi connectivity index (χ0v) is 14.3. The fourth-order valence-corrected chi connectivity index (χ4v) is 3.91. The van der Waals surface area contributed by atoms with E-state index in [0.717, 1.165) is 42.1 Å². The number of rotatable bonds is 4. The molecule has 0 saturated carbocycles. The number of nitrogens with two attached hydrogens (primary N) is 1. The van der Waals surface area contributed by atoms with E-state index < -0.39 is 23.8 Å². The fourth-order valence-electron chi connectivity index (χ4n) is 3.91. The molecular weight excluding hydrogens is 336 g/mol. The van der Waals surface area contributed by atoms with Crippen LogP contribution >= 0.6 is 0 Å². The predicted molar refractivity (Wildman–Crippen MR) is 90.9 cm³/mol. The van der Waals surface area contributed by atoms with Crippen LogP contribution < -0.4 is 11.1 Å². The van der Waals surface area contributed by atoms with Crippen molar-refractivity contribution in [2.24, 2.45) is 5.73 Å². The fraction of sp³-hybridized carbons (Fsp3) is 0.444. The first kappa shape index (κ1) is 16.9. The molecule has 8 heteroatoms. The summed E-state index contributed by atoms with van der Waals surface area (Å²) in [6.45, 7) is 2.95. The van der Waals surface area contributed by atoms with Gasteiger partial charge in [0.25, 0.3) is 11.8 Å². The minimum absolute atomic E-state index is 0.121. The molecule has 0 aliphatic carbocycles. The summed E-state index contributed by atoms with van der Waals surface area (Å²) in [6.07, 6.45) is 1.19. The van der Waals surface area contributed by atoms with Crippen molar-refractivity contribution in [3.63, 3.8) is 0 Å². The van der Waals surface area contributed by atoms with Gasteiger partial charge < -0.3 is 5.73 Å². The summed E-state index contributed by atoms with van der Waals surface area (Å²) in [5.74, 6) is -1.87. The number of nitrogens with one attached hydrogen (secondary N) is 1. The Labute approximate surface area is 150 Å². The lowest BCUT2D eigenvalue weighted by molar-refractivity contribution is -0.136. The SMILES string of the molecule is NCCCN1Cc2cc3c(cc2C1)C(=O)N(C1CCC(=O)NC1=O)C3=O. The lowest BCUT2D eigenvalue weighted by Crippen LogP contribution is -2.54. The van der Waals surface area contributed by atoms with Crippen LogP contribution in [0.4, 0.5) is 0 Å². The number of piperidine rings is 1. The normalized spacial score (nSPS) is 22.7. The summed E-state index contributed by atoms with van der Waals surface area (Å²) in [6, 6.07) is 2.63. The Hall–Kier alpha value is -2.58. The molecule has 0 radical (unpaired) electrons. The Kier molecular flexibility index (Phi) is 4.08. The highest BCUT2D eigenvalue weighted by atomic mass is 16.2. The van der Waals surface area contributed by atoms with Gasteiger partial charge in [0.1, 0.15) is 6.04 Å². The van der Waals surface area contributed by atoms with Gasteiger partial charge in [-0.05, 0) is 42.6 Å². The zero-order valence-electron chi connectivity index (χ0n) is 14.3. The van der Waals surface area contributed by atoms with Crippen LogP contribution in [0, 0.1) is 0 Å². The minimum atomic E-state index is -0.920. The molecule has 0 spiro atoms. The molecule has 3 aliphatic rings. The predicted octanol–water partition coefficient (Wildman–Crippen LogP) is -0.248. The average Bonchev–Trinajstić information content (AvgIpc) is 3.11. The van der Waals surface area contributed by atoms with Crippen molar-refractivity contribution in [3.05, 3.63) is 34.4 Å². The molecule has 0 aromatic heterocycles. The van der Waals surface area contributed by atoms with Crippen LogP contribution in [0.2, 0.25) is 0 Å². The lowest BCUT2D eigenvalue weighted by atomic mass is 10.0. The Bertz CT molecular complexity index is 790. The van der Waals surface area contributed by atoms with Gasteiger partial charge in [-0.3, -0.25) is 34.3 Å². The smallest absolute Gasteiger partial charge is 0.262 e. The number of hydrogen-bond donors (Lipinski definition) is 2. The minimum Gasteiger partial charge on any atom is -0.330 e. The molecule has 26 heavy (non-hydrogen) atoms. The molecule has 3 heterocycles. The van der Waals surface area contributed by atoms with Gasteiger partial charge >= 0.3 is 0 Å². The summed E-state index contributed by atoms with van der Waals surface area (Å²) in [5.41, 5.74) is 8.32. The Morgan fingerprint density at radius 1 is 1.04 bits per heavy atom. The van der Waals surface area contributed by atoms with Gasteiger partial charge in [0.15, 0.2) is 0 Å². The van der Waals surface area contributed by atoms with E-state index in [1.807, 2.05) is 0 Å². The molecule has 3 N–H and O–H groups in total.